The molecule has 4 rings (SSSR count). The molecule has 0 bridgehead atoms. The van der Waals surface area contributed by atoms with Crippen molar-refractivity contribution in [2.75, 3.05) is 32.7 Å². The lowest BCUT2D eigenvalue weighted by molar-refractivity contribution is -1.01. The van der Waals surface area contributed by atoms with E-state index >= 15 is 0 Å². The monoisotopic (exact) mass is 405 g/mol. The van der Waals surface area contributed by atoms with Crippen molar-refractivity contribution in [2.24, 2.45) is 0 Å². The van der Waals surface area contributed by atoms with Gasteiger partial charge in [0.2, 0.25) is 5.78 Å². The Bertz CT molecular complexity index is 1090. The number of Topliss-reactive ketones (excluding diaryl/α,β-unsaturated/α-hetero) is 2. The number of aryl methyl sites for hydroxylation is 1. The van der Waals surface area contributed by atoms with E-state index in [2.05, 4.69) is 47.4 Å². The van der Waals surface area contributed by atoms with E-state index in [0.717, 1.165) is 44.0 Å². The smallest absolute Gasteiger partial charge is 0.233 e. The number of ketones is 2. The first kappa shape index (κ1) is 20.5. The third-order valence-electron chi connectivity index (χ3n) is 6.46. The second kappa shape index (κ2) is 8.54. The van der Waals surface area contributed by atoms with Crippen LogP contribution in [0.25, 0.3) is 10.8 Å². The van der Waals surface area contributed by atoms with Crippen molar-refractivity contribution < 1.29 is 19.4 Å². The second-order valence-electron chi connectivity index (χ2n) is 8.60. The molecule has 1 fully saturated rings. The van der Waals surface area contributed by atoms with E-state index < -0.39 is 0 Å². The van der Waals surface area contributed by atoms with Crippen LogP contribution < -0.4 is 9.80 Å². The van der Waals surface area contributed by atoms with Crippen LogP contribution in [0.1, 0.15) is 44.6 Å². The molecule has 0 radical (unpaired) electrons. The van der Waals surface area contributed by atoms with Crippen molar-refractivity contribution in [2.45, 2.75) is 27.3 Å². The highest BCUT2D eigenvalue weighted by molar-refractivity contribution is 6.03. The maximum atomic E-state index is 12.9. The number of nitrogens with one attached hydrogen (secondary N) is 3. The SMILES string of the molecule is CC(=O)c1c(C)[nH]c(C(=O)C[NH+]2CC[NH+](Cc3cccc4ccccc34)CC2)c1C. The largest absolute Gasteiger partial charge is 0.355 e. The fourth-order valence-electron chi connectivity index (χ4n) is 4.90. The van der Waals surface area contributed by atoms with Gasteiger partial charge < -0.3 is 14.8 Å². The predicted octanol–water partition coefficient (Wildman–Crippen LogP) is 1.15. The molecule has 0 unspecified atom stereocenters. The maximum absolute atomic E-state index is 12.9. The van der Waals surface area contributed by atoms with Gasteiger partial charge >= 0.3 is 0 Å². The van der Waals surface area contributed by atoms with Crippen LogP contribution in [0.2, 0.25) is 0 Å². The molecule has 0 saturated carbocycles. The number of aromatic amines is 1. The molecule has 2 heterocycles. The van der Waals surface area contributed by atoms with Crippen molar-refractivity contribution in [1.82, 2.24) is 4.98 Å². The van der Waals surface area contributed by atoms with Gasteiger partial charge in [0.05, 0.1) is 5.69 Å². The number of fused-ring (bicyclic) bond motifs is 1. The molecule has 3 aromatic rings. The van der Waals surface area contributed by atoms with Gasteiger partial charge in [-0.15, -0.1) is 0 Å². The van der Waals surface area contributed by atoms with Gasteiger partial charge in [-0.25, -0.2) is 0 Å². The van der Waals surface area contributed by atoms with E-state index in [9.17, 15) is 9.59 Å². The van der Waals surface area contributed by atoms with E-state index in [0.29, 0.717) is 17.8 Å². The minimum absolute atomic E-state index is 0.0123. The average Bonchev–Trinajstić information content (AvgIpc) is 3.04. The van der Waals surface area contributed by atoms with Gasteiger partial charge in [-0.1, -0.05) is 42.5 Å². The first-order valence-corrected chi connectivity index (χ1v) is 10.8. The van der Waals surface area contributed by atoms with Crippen LogP contribution in [-0.4, -0.2) is 49.3 Å². The predicted molar refractivity (Wildman–Crippen MR) is 119 cm³/mol. The van der Waals surface area contributed by atoms with Gasteiger partial charge in [0.25, 0.3) is 0 Å². The second-order valence-corrected chi connectivity index (χ2v) is 8.60. The molecule has 2 aromatic carbocycles. The van der Waals surface area contributed by atoms with Gasteiger partial charge in [-0.3, -0.25) is 9.59 Å². The van der Waals surface area contributed by atoms with Gasteiger partial charge in [0, 0.05) is 16.8 Å². The highest BCUT2D eigenvalue weighted by Gasteiger charge is 2.28. The number of aromatic nitrogens is 1. The summed E-state index contributed by atoms with van der Waals surface area (Å²) in [4.78, 5) is 30.8. The summed E-state index contributed by atoms with van der Waals surface area (Å²) in [5.74, 6) is 0.119. The number of hydrogen-bond donors (Lipinski definition) is 3. The molecule has 5 heteroatoms. The Morgan fingerprint density at radius 3 is 2.30 bits per heavy atom. The molecule has 5 nitrogen and oxygen atoms in total. The first-order chi connectivity index (χ1) is 14.4. The highest BCUT2D eigenvalue weighted by atomic mass is 16.1. The summed E-state index contributed by atoms with van der Waals surface area (Å²) in [6.07, 6.45) is 0. The Morgan fingerprint density at radius 1 is 0.933 bits per heavy atom. The molecular formula is C25H31N3O2+2. The molecular weight excluding hydrogens is 374 g/mol. The van der Waals surface area contributed by atoms with E-state index in [-0.39, 0.29) is 11.6 Å². The molecule has 0 atom stereocenters. The van der Waals surface area contributed by atoms with Crippen LogP contribution in [0.5, 0.6) is 0 Å². The van der Waals surface area contributed by atoms with Crippen LogP contribution in [0.4, 0.5) is 0 Å². The molecule has 0 spiro atoms. The normalized spacial score (nSPS) is 19.2. The van der Waals surface area contributed by atoms with E-state index in [1.54, 1.807) is 11.8 Å². The molecule has 0 amide bonds. The summed E-state index contributed by atoms with van der Waals surface area (Å²) in [5.41, 5.74) is 4.26. The molecule has 3 N–H and O–H groups in total. The summed E-state index contributed by atoms with van der Waals surface area (Å²) in [7, 11) is 0. The van der Waals surface area contributed by atoms with Crippen molar-refractivity contribution in [3.8, 4) is 0 Å². The highest BCUT2D eigenvalue weighted by Crippen LogP contribution is 2.19. The zero-order chi connectivity index (χ0) is 21.3. The molecule has 1 saturated heterocycles. The Hall–Kier alpha value is -2.76. The lowest BCUT2D eigenvalue weighted by atomic mass is 10.0. The Kier molecular flexibility index (Phi) is 5.84. The molecule has 1 aliphatic heterocycles. The topological polar surface area (TPSA) is 58.8 Å². The van der Waals surface area contributed by atoms with Crippen LogP contribution >= 0.6 is 0 Å². The van der Waals surface area contributed by atoms with Crippen LogP contribution in [-0.2, 0) is 6.54 Å². The summed E-state index contributed by atoms with van der Waals surface area (Å²) in [6, 6.07) is 15.1. The van der Waals surface area contributed by atoms with Crippen LogP contribution in [0.3, 0.4) is 0 Å². The third kappa shape index (κ3) is 4.09. The fourth-order valence-corrected chi connectivity index (χ4v) is 4.90. The summed E-state index contributed by atoms with van der Waals surface area (Å²) in [5, 5.41) is 2.64. The number of benzene rings is 2. The number of hydrogen-bond acceptors (Lipinski definition) is 2. The lowest BCUT2D eigenvalue weighted by Crippen LogP contribution is -3.27. The van der Waals surface area contributed by atoms with Gasteiger partial charge in [0.1, 0.15) is 39.3 Å². The van der Waals surface area contributed by atoms with Crippen LogP contribution in [0, 0.1) is 13.8 Å². The van der Waals surface area contributed by atoms with E-state index in [4.69, 9.17) is 0 Å². The maximum Gasteiger partial charge on any atom is 0.233 e. The summed E-state index contributed by atoms with van der Waals surface area (Å²) in [6.45, 7) is 10.9. The summed E-state index contributed by atoms with van der Waals surface area (Å²) >= 11 is 0. The van der Waals surface area contributed by atoms with E-state index in [1.807, 2.05) is 13.8 Å². The molecule has 1 aliphatic rings. The third-order valence-corrected chi connectivity index (χ3v) is 6.46. The minimum atomic E-state index is 0.0123. The number of rotatable bonds is 6. The number of quaternary nitrogens is 2. The number of carbonyl (C=O) groups excluding carboxylic acids is 2. The molecule has 1 aromatic heterocycles. The summed E-state index contributed by atoms with van der Waals surface area (Å²) < 4.78 is 0. The van der Waals surface area contributed by atoms with E-state index in [1.165, 1.54) is 21.2 Å². The Morgan fingerprint density at radius 2 is 1.60 bits per heavy atom. The fraction of sp³-hybridized carbons (Fsp3) is 0.360. The Balaban J connectivity index is 1.36. The van der Waals surface area contributed by atoms with Crippen molar-refractivity contribution in [1.29, 1.82) is 0 Å². The van der Waals surface area contributed by atoms with Gasteiger partial charge in [-0.05, 0) is 37.1 Å². The number of piperazine rings is 1. The van der Waals surface area contributed by atoms with Gasteiger partial charge in [0.15, 0.2) is 5.78 Å². The van der Waals surface area contributed by atoms with Crippen molar-refractivity contribution in [3.05, 3.63) is 70.5 Å². The molecule has 0 aliphatic carbocycles. The number of carbonyl (C=O) groups is 2. The Labute approximate surface area is 177 Å². The molecule has 156 valence electrons. The number of H-pyrrole nitrogens is 1. The first-order valence-electron chi connectivity index (χ1n) is 10.8. The average molecular weight is 406 g/mol. The van der Waals surface area contributed by atoms with Crippen molar-refractivity contribution in [3.63, 3.8) is 0 Å². The van der Waals surface area contributed by atoms with Crippen molar-refractivity contribution >= 4 is 22.3 Å². The minimum Gasteiger partial charge on any atom is -0.355 e. The molecule has 30 heavy (non-hydrogen) atoms. The van der Waals surface area contributed by atoms with Crippen LogP contribution in [0.15, 0.2) is 42.5 Å². The standard InChI is InChI=1S/C25H29N3O2/c1-17-24(19(3)29)18(2)26-25(17)23(30)16-28-13-11-27(12-14-28)15-21-9-6-8-20-7-4-5-10-22(20)21/h4-10,26H,11-16H2,1-3H3/p+2. The zero-order valence-electron chi connectivity index (χ0n) is 18.1. The lowest BCUT2D eigenvalue weighted by Gasteiger charge is -2.29. The van der Waals surface area contributed by atoms with Gasteiger partial charge in [-0.2, -0.15) is 0 Å². The quantitative estimate of drug-likeness (QED) is 0.539. The zero-order valence-corrected chi connectivity index (χ0v) is 18.1.